The molecule has 1 heterocycles. The number of nitrogens with zero attached hydrogens (tertiary/aromatic N) is 2. The first-order valence-corrected chi connectivity index (χ1v) is 9.77. The number of halogens is 1. The molecular weight excluding hydrogens is 384 g/mol. The quantitative estimate of drug-likeness (QED) is 0.382. The molecule has 0 radical (unpaired) electrons. The molecule has 0 aliphatic carbocycles. The summed E-state index contributed by atoms with van der Waals surface area (Å²) in [7, 11) is 1.66. The summed E-state index contributed by atoms with van der Waals surface area (Å²) in [5.41, 5.74) is 3.11. The fraction of sp³-hybridized carbons (Fsp3) is 0.125. The number of aromatic nitrogens is 2. The third kappa shape index (κ3) is 4.44. The molecule has 0 bridgehead atoms. The molecule has 4 rings (SSSR count). The van der Waals surface area contributed by atoms with E-state index in [1.54, 1.807) is 7.11 Å². The van der Waals surface area contributed by atoms with Crippen molar-refractivity contribution in [1.82, 2.24) is 9.55 Å². The van der Waals surface area contributed by atoms with Crippen LogP contribution in [-0.4, -0.2) is 23.3 Å². The van der Waals surface area contributed by atoms with E-state index in [0.29, 0.717) is 23.9 Å². The van der Waals surface area contributed by atoms with Gasteiger partial charge in [0.15, 0.2) is 0 Å². The van der Waals surface area contributed by atoms with Crippen molar-refractivity contribution in [1.29, 1.82) is 0 Å². The maximum Gasteiger partial charge on any atom is 0.137 e. The van der Waals surface area contributed by atoms with Crippen LogP contribution in [0.1, 0.15) is 11.4 Å². The Morgan fingerprint density at radius 1 is 0.931 bits per heavy atom. The average Bonchev–Trinajstić information content (AvgIpc) is 3.11. The zero-order chi connectivity index (χ0) is 20.1. The summed E-state index contributed by atoms with van der Waals surface area (Å²) in [6, 6.07) is 23.5. The summed E-state index contributed by atoms with van der Waals surface area (Å²) in [5, 5.41) is 0.614. The molecule has 5 heteroatoms. The first-order valence-electron chi connectivity index (χ1n) is 9.39. The minimum Gasteiger partial charge on any atom is -0.497 e. The highest BCUT2D eigenvalue weighted by atomic mass is 35.5. The van der Waals surface area contributed by atoms with Crippen LogP contribution in [0, 0.1) is 0 Å². The standard InChI is InChI=1S/C24H21ClN2O2/c1-28-19-13-10-18(11-14-19)12-15-24-26-21-7-3-4-8-22(21)27(24)16-17-29-23-9-5-2-6-20(23)25/h2-15H,16-17H2,1H3/b15-12+. The molecule has 0 fully saturated rings. The maximum absolute atomic E-state index is 6.19. The van der Waals surface area contributed by atoms with Crippen LogP contribution in [-0.2, 0) is 6.54 Å². The van der Waals surface area contributed by atoms with E-state index in [1.807, 2.05) is 78.9 Å². The van der Waals surface area contributed by atoms with Crippen molar-refractivity contribution < 1.29 is 9.47 Å². The van der Waals surface area contributed by atoms with Gasteiger partial charge in [-0.15, -0.1) is 0 Å². The van der Waals surface area contributed by atoms with Crippen molar-refractivity contribution in [3.8, 4) is 11.5 Å². The number of fused-ring (bicyclic) bond motifs is 1. The predicted octanol–water partition coefficient (Wildman–Crippen LogP) is 5.95. The van der Waals surface area contributed by atoms with Crippen LogP contribution in [0.15, 0.2) is 72.8 Å². The van der Waals surface area contributed by atoms with Crippen molar-refractivity contribution in [2.75, 3.05) is 13.7 Å². The second kappa shape index (κ2) is 8.84. The van der Waals surface area contributed by atoms with Crippen LogP contribution in [0.2, 0.25) is 5.02 Å². The third-order valence-corrected chi connectivity index (χ3v) is 4.95. The summed E-state index contributed by atoms with van der Waals surface area (Å²) < 4.78 is 13.3. The molecule has 0 N–H and O–H groups in total. The Hall–Kier alpha value is -3.24. The van der Waals surface area contributed by atoms with E-state index >= 15 is 0 Å². The molecular formula is C24H21ClN2O2. The van der Waals surface area contributed by atoms with E-state index in [4.69, 9.17) is 26.1 Å². The summed E-state index contributed by atoms with van der Waals surface area (Å²) >= 11 is 6.19. The number of ether oxygens (including phenoxy) is 2. The minimum absolute atomic E-state index is 0.494. The van der Waals surface area contributed by atoms with Crippen LogP contribution in [0.5, 0.6) is 11.5 Å². The highest BCUT2D eigenvalue weighted by Gasteiger charge is 2.09. The first kappa shape index (κ1) is 19.1. The van der Waals surface area contributed by atoms with Gasteiger partial charge in [-0.05, 0) is 48.0 Å². The lowest BCUT2D eigenvalue weighted by Crippen LogP contribution is -2.09. The fourth-order valence-corrected chi connectivity index (χ4v) is 3.34. The average molecular weight is 405 g/mol. The van der Waals surface area contributed by atoms with E-state index in [-0.39, 0.29) is 0 Å². The first-order chi connectivity index (χ1) is 14.2. The summed E-state index contributed by atoms with van der Waals surface area (Å²) in [5.74, 6) is 2.41. The Balaban J connectivity index is 1.56. The molecule has 0 amide bonds. The van der Waals surface area contributed by atoms with Gasteiger partial charge in [0, 0.05) is 0 Å². The molecule has 1 aromatic heterocycles. The van der Waals surface area contributed by atoms with Gasteiger partial charge in [0.25, 0.3) is 0 Å². The monoisotopic (exact) mass is 404 g/mol. The molecule has 146 valence electrons. The molecule has 0 aliphatic heterocycles. The zero-order valence-electron chi connectivity index (χ0n) is 16.1. The normalized spacial score (nSPS) is 11.2. The highest BCUT2D eigenvalue weighted by Crippen LogP contribution is 2.24. The molecule has 3 aromatic carbocycles. The number of imidazole rings is 1. The van der Waals surface area contributed by atoms with E-state index in [2.05, 4.69) is 10.6 Å². The van der Waals surface area contributed by atoms with Gasteiger partial charge in [-0.2, -0.15) is 0 Å². The molecule has 4 nitrogen and oxygen atoms in total. The largest absolute Gasteiger partial charge is 0.497 e. The topological polar surface area (TPSA) is 36.3 Å². The van der Waals surface area contributed by atoms with Crippen LogP contribution in [0.4, 0.5) is 0 Å². The molecule has 4 aromatic rings. The summed E-state index contributed by atoms with van der Waals surface area (Å²) in [6.07, 6.45) is 4.07. The van der Waals surface area contributed by atoms with Gasteiger partial charge in [-0.3, -0.25) is 0 Å². The lowest BCUT2D eigenvalue weighted by atomic mass is 10.2. The number of hydrogen-bond acceptors (Lipinski definition) is 3. The van der Waals surface area contributed by atoms with Gasteiger partial charge in [-0.1, -0.05) is 54.1 Å². The van der Waals surface area contributed by atoms with E-state index in [1.165, 1.54) is 0 Å². The van der Waals surface area contributed by atoms with Crippen LogP contribution < -0.4 is 9.47 Å². The highest BCUT2D eigenvalue weighted by molar-refractivity contribution is 6.32. The lowest BCUT2D eigenvalue weighted by Gasteiger charge is -2.10. The number of methoxy groups -OCH3 is 1. The van der Waals surface area contributed by atoms with Gasteiger partial charge in [0.1, 0.15) is 23.9 Å². The van der Waals surface area contributed by atoms with Crippen molar-refractivity contribution in [3.63, 3.8) is 0 Å². The molecule has 29 heavy (non-hydrogen) atoms. The molecule has 0 unspecified atom stereocenters. The zero-order valence-corrected chi connectivity index (χ0v) is 16.8. The Kier molecular flexibility index (Phi) is 5.82. The fourth-order valence-electron chi connectivity index (χ4n) is 3.15. The second-order valence-electron chi connectivity index (χ2n) is 6.50. The van der Waals surface area contributed by atoms with Gasteiger partial charge in [-0.25, -0.2) is 4.98 Å². The number of rotatable bonds is 7. The third-order valence-electron chi connectivity index (χ3n) is 4.63. The van der Waals surface area contributed by atoms with Crippen molar-refractivity contribution in [2.45, 2.75) is 6.54 Å². The Morgan fingerprint density at radius 2 is 1.69 bits per heavy atom. The Labute approximate surface area is 175 Å². The van der Waals surface area contributed by atoms with Crippen LogP contribution >= 0.6 is 11.6 Å². The van der Waals surface area contributed by atoms with Crippen LogP contribution in [0.25, 0.3) is 23.2 Å². The van der Waals surface area contributed by atoms with Crippen molar-refractivity contribution in [3.05, 3.63) is 89.2 Å². The molecule has 0 atom stereocenters. The number of hydrogen-bond donors (Lipinski definition) is 0. The smallest absolute Gasteiger partial charge is 0.137 e. The molecule has 0 spiro atoms. The molecule has 0 aliphatic rings. The summed E-state index contributed by atoms with van der Waals surface area (Å²) in [4.78, 5) is 4.77. The van der Waals surface area contributed by atoms with Crippen molar-refractivity contribution >= 4 is 34.8 Å². The maximum atomic E-state index is 6.19. The summed E-state index contributed by atoms with van der Waals surface area (Å²) in [6.45, 7) is 1.15. The van der Waals surface area contributed by atoms with E-state index in [9.17, 15) is 0 Å². The van der Waals surface area contributed by atoms with Gasteiger partial charge < -0.3 is 14.0 Å². The van der Waals surface area contributed by atoms with Crippen molar-refractivity contribution in [2.24, 2.45) is 0 Å². The van der Waals surface area contributed by atoms with E-state index < -0.39 is 0 Å². The van der Waals surface area contributed by atoms with Crippen LogP contribution in [0.3, 0.4) is 0 Å². The minimum atomic E-state index is 0.494. The number of benzene rings is 3. The van der Waals surface area contributed by atoms with Gasteiger partial charge in [0.05, 0.1) is 29.7 Å². The molecule has 0 saturated carbocycles. The Bertz CT molecular complexity index is 1130. The molecule has 0 saturated heterocycles. The SMILES string of the molecule is COc1ccc(/C=C/c2nc3ccccc3n2CCOc2ccccc2Cl)cc1. The van der Waals surface area contributed by atoms with Gasteiger partial charge >= 0.3 is 0 Å². The predicted molar refractivity (Wildman–Crippen MR) is 119 cm³/mol. The van der Waals surface area contributed by atoms with Gasteiger partial charge in [0.2, 0.25) is 0 Å². The number of para-hydroxylation sites is 3. The second-order valence-corrected chi connectivity index (χ2v) is 6.90. The Morgan fingerprint density at radius 3 is 2.48 bits per heavy atom. The van der Waals surface area contributed by atoms with E-state index in [0.717, 1.165) is 28.2 Å². The lowest BCUT2D eigenvalue weighted by molar-refractivity contribution is 0.300.